The van der Waals surface area contributed by atoms with Crippen LogP contribution >= 0.6 is 11.8 Å². The molecule has 1 saturated carbocycles. The van der Waals surface area contributed by atoms with Gasteiger partial charge in [-0.2, -0.15) is 0 Å². The molecule has 116 valence electrons. The van der Waals surface area contributed by atoms with Crippen LogP contribution < -0.4 is 0 Å². The molecular formula is C15H21NO3S2. The van der Waals surface area contributed by atoms with E-state index >= 15 is 0 Å². The van der Waals surface area contributed by atoms with Gasteiger partial charge in [-0.15, -0.1) is 11.8 Å². The zero-order valence-corrected chi connectivity index (χ0v) is 14.0. The molecule has 0 spiro atoms. The van der Waals surface area contributed by atoms with Crippen LogP contribution in [0.1, 0.15) is 19.8 Å². The second kappa shape index (κ2) is 6.83. The number of benzene rings is 1. The molecule has 21 heavy (non-hydrogen) atoms. The Labute approximate surface area is 130 Å². The molecule has 0 aliphatic heterocycles. The van der Waals surface area contributed by atoms with Gasteiger partial charge in [0, 0.05) is 23.2 Å². The number of carbonyl (C=O) groups is 1. The van der Waals surface area contributed by atoms with Crippen LogP contribution in [0, 0.1) is 0 Å². The first-order chi connectivity index (χ1) is 9.87. The maximum atomic E-state index is 12.4. The van der Waals surface area contributed by atoms with E-state index in [1.54, 1.807) is 4.90 Å². The SMILES string of the molecule is CC(CS(C)(=O)=O)N(C(=O)CSc1ccccc1)C1CC1. The Hall–Kier alpha value is -1.01. The summed E-state index contributed by atoms with van der Waals surface area (Å²) in [5, 5.41) is 0. The Kier molecular flexibility index (Phi) is 5.32. The van der Waals surface area contributed by atoms with Crippen molar-refractivity contribution in [2.24, 2.45) is 0 Å². The van der Waals surface area contributed by atoms with Crippen LogP contribution in [0.25, 0.3) is 0 Å². The Morgan fingerprint density at radius 3 is 2.48 bits per heavy atom. The summed E-state index contributed by atoms with van der Waals surface area (Å²) in [7, 11) is -3.08. The average molecular weight is 327 g/mol. The van der Waals surface area contributed by atoms with Crippen LogP contribution in [0.2, 0.25) is 0 Å². The maximum absolute atomic E-state index is 12.4. The zero-order chi connectivity index (χ0) is 15.5. The quantitative estimate of drug-likeness (QED) is 0.721. The fourth-order valence-electron chi connectivity index (χ4n) is 2.42. The lowest BCUT2D eigenvalue weighted by atomic mass is 10.3. The van der Waals surface area contributed by atoms with E-state index in [0.717, 1.165) is 17.7 Å². The number of carbonyl (C=O) groups excluding carboxylic acids is 1. The van der Waals surface area contributed by atoms with Gasteiger partial charge in [0.05, 0.1) is 11.5 Å². The van der Waals surface area contributed by atoms with Gasteiger partial charge >= 0.3 is 0 Å². The van der Waals surface area contributed by atoms with E-state index in [4.69, 9.17) is 0 Å². The van der Waals surface area contributed by atoms with E-state index in [1.807, 2.05) is 37.3 Å². The van der Waals surface area contributed by atoms with E-state index in [2.05, 4.69) is 0 Å². The number of rotatable bonds is 7. The van der Waals surface area contributed by atoms with Gasteiger partial charge in [-0.3, -0.25) is 4.79 Å². The summed E-state index contributed by atoms with van der Waals surface area (Å²) in [6, 6.07) is 9.74. The van der Waals surface area contributed by atoms with Gasteiger partial charge in [-0.05, 0) is 31.9 Å². The van der Waals surface area contributed by atoms with Crippen LogP contribution in [0.4, 0.5) is 0 Å². The van der Waals surface area contributed by atoms with Crippen LogP contribution in [-0.2, 0) is 14.6 Å². The summed E-state index contributed by atoms with van der Waals surface area (Å²) in [4.78, 5) is 15.3. The molecule has 0 aromatic heterocycles. The predicted molar refractivity (Wildman–Crippen MR) is 86.2 cm³/mol. The van der Waals surface area contributed by atoms with E-state index in [1.165, 1.54) is 18.0 Å². The highest BCUT2D eigenvalue weighted by atomic mass is 32.2. The number of hydrogen-bond acceptors (Lipinski definition) is 4. The van der Waals surface area contributed by atoms with E-state index in [-0.39, 0.29) is 23.7 Å². The van der Waals surface area contributed by atoms with E-state index < -0.39 is 9.84 Å². The molecule has 1 fully saturated rings. The smallest absolute Gasteiger partial charge is 0.233 e. The predicted octanol–water partition coefficient (Wildman–Crippen LogP) is 2.20. The number of amides is 1. The lowest BCUT2D eigenvalue weighted by molar-refractivity contribution is -0.130. The number of nitrogens with zero attached hydrogens (tertiary/aromatic N) is 1. The fourth-order valence-corrected chi connectivity index (χ4v) is 4.24. The first-order valence-corrected chi connectivity index (χ1v) is 10.1. The van der Waals surface area contributed by atoms with E-state index in [9.17, 15) is 13.2 Å². The van der Waals surface area contributed by atoms with Crippen molar-refractivity contribution in [2.75, 3.05) is 17.8 Å². The minimum absolute atomic E-state index is 0.0301. The van der Waals surface area contributed by atoms with Gasteiger partial charge in [-0.1, -0.05) is 18.2 Å². The lowest BCUT2D eigenvalue weighted by Gasteiger charge is -2.29. The van der Waals surface area contributed by atoms with Crippen molar-refractivity contribution < 1.29 is 13.2 Å². The van der Waals surface area contributed by atoms with Crippen molar-refractivity contribution in [2.45, 2.75) is 36.7 Å². The standard InChI is InChI=1S/C15H21NO3S2/c1-12(11-21(2,18)19)16(13-8-9-13)15(17)10-20-14-6-4-3-5-7-14/h3-7,12-13H,8-11H2,1-2H3. The first-order valence-electron chi connectivity index (χ1n) is 7.03. The van der Waals surface area contributed by atoms with Crippen LogP contribution in [-0.4, -0.2) is 49.1 Å². The van der Waals surface area contributed by atoms with E-state index in [0.29, 0.717) is 5.75 Å². The summed E-state index contributed by atoms with van der Waals surface area (Å²) >= 11 is 1.50. The summed E-state index contributed by atoms with van der Waals surface area (Å²) in [6.07, 6.45) is 3.18. The van der Waals surface area contributed by atoms with Crippen molar-refractivity contribution in [1.29, 1.82) is 0 Å². The monoisotopic (exact) mass is 327 g/mol. The molecule has 0 radical (unpaired) electrons. The van der Waals surface area contributed by atoms with Crippen molar-refractivity contribution in [3.63, 3.8) is 0 Å². The third kappa shape index (κ3) is 5.36. The molecule has 1 aliphatic carbocycles. The summed E-state index contributed by atoms with van der Waals surface area (Å²) in [6.45, 7) is 1.82. The second-order valence-electron chi connectivity index (χ2n) is 5.58. The van der Waals surface area contributed by atoms with Crippen LogP contribution in [0.15, 0.2) is 35.2 Å². The summed E-state index contributed by atoms with van der Waals surface area (Å²) < 4.78 is 22.9. The molecule has 2 rings (SSSR count). The molecule has 1 amide bonds. The number of hydrogen-bond donors (Lipinski definition) is 0. The van der Waals surface area contributed by atoms with Gasteiger partial charge in [0.15, 0.2) is 0 Å². The van der Waals surface area contributed by atoms with Crippen LogP contribution in [0.5, 0.6) is 0 Å². The molecule has 1 aliphatic rings. The molecule has 4 nitrogen and oxygen atoms in total. The Morgan fingerprint density at radius 2 is 1.95 bits per heavy atom. The molecule has 1 unspecified atom stereocenters. The van der Waals surface area contributed by atoms with Crippen molar-refractivity contribution in [1.82, 2.24) is 4.90 Å². The van der Waals surface area contributed by atoms with Gasteiger partial charge in [0.1, 0.15) is 9.84 Å². The van der Waals surface area contributed by atoms with Crippen molar-refractivity contribution in [3.8, 4) is 0 Å². The van der Waals surface area contributed by atoms with Gasteiger partial charge in [0.25, 0.3) is 0 Å². The van der Waals surface area contributed by atoms with Gasteiger partial charge in [-0.25, -0.2) is 8.42 Å². The third-order valence-corrected chi connectivity index (χ3v) is 5.44. The topological polar surface area (TPSA) is 54.5 Å². The minimum Gasteiger partial charge on any atom is -0.335 e. The maximum Gasteiger partial charge on any atom is 0.233 e. The van der Waals surface area contributed by atoms with Crippen LogP contribution in [0.3, 0.4) is 0 Å². The highest BCUT2D eigenvalue weighted by Crippen LogP contribution is 2.30. The second-order valence-corrected chi connectivity index (χ2v) is 8.81. The molecule has 1 aromatic carbocycles. The highest BCUT2D eigenvalue weighted by Gasteiger charge is 2.36. The third-order valence-electron chi connectivity index (χ3n) is 3.35. The lowest BCUT2D eigenvalue weighted by Crippen LogP contribution is -2.44. The zero-order valence-electron chi connectivity index (χ0n) is 12.4. The Balaban J connectivity index is 1.96. The minimum atomic E-state index is -3.08. The molecule has 6 heteroatoms. The first kappa shape index (κ1) is 16.4. The normalized spacial score (nSPS) is 16.5. The summed E-state index contributed by atoms with van der Waals surface area (Å²) in [5.74, 6) is 0.419. The molecule has 0 bridgehead atoms. The Morgan fingerprint density at radius 1 is 1.33 bits per heavy atom. The molecule has 0 N–H and O–H groups in total. The average Bonchev–Trinajstić information content (AvgIpc) is 3.20. The number of sulfone groups is 1. The molecule has 0 heterocycles. The fraction of sp³-hybridized carbons (Fsp3) is 0.533. The molecular weight excluding hydrogens is 306 g/mol. The molecule has 1 aromatic rings. The Bertz CT molecular complexity index is 582. The molecule has 0 saturated heterocycles. The van der Waals surface area contributed by atoms with Crippen molar-refractivity contribution >= 4 is 27.5 Å². The number of thioether (sulfide) groups is 1. The van der Waals surface area contributed by atoms with Gasteiger partial charge < -0.3 is 4.90 Å². The van der Waals surface area contributed by atoms with Gasteiger partial charge in [0.2, 0.25) is 5.91 Å². The van der Waals surface area contributed by atoms with Crippen molar-refractivity contribution in [3.05, 3.63) is 30.3 Å². The highest BCUT2D eigenvalue weighted by molar-refractivity contribution is 8.00. The summed E-state index contributed by atoms with van der Waals surface area (Å²) in [5.41, 5.74) is 0. The molecule has 1 atom stereocenters. The largest absolute Gasteiger partial charge is 0.335 e.